The Hall–Kier alpha value is -2.12. The molecule has 1 amide bonds. The Morgan fingerprint density at radius 2 is 1.79 bits per heavy atom. The Morgan fingerprint density at radius 1 is 1.10 bits per heavy atom. The van der Waals surface area contributed by atoms with Gasteiger partial charge < -0.3 is 9.80 Å². The molecule has 0 radical (unpaired) electrons. The Kier molecular flexibility index (Phi) is 6.06. The number of anilines is 1. The predicted octanol–water partition coefficient (Wildman–Crippen LogP) is 4.88. The van der Waals surface area contributed by atoms with E-state index in [0.29, 0.717) is 12.2 Å². The summed E-state index contributed by atoms with van der Waals surface area (Å²) in [6.07, 6.45) is 0.502. The second kappa shape index (κ2) is 8.71. The summed E-state index contributed by atoms with van der Waals surface area (Å²) in [4.78, 5) is 22.6. The highest BCUT2D eigenvalue weighted by Crippen LogP contribution is 2.31. The lowest BCUT2D eigenvalue weighted by Gasteiger charge is -2.34. The van der Waals surface area contributed by atoms with Crippen molar-refractivity contribution in [2.45, 2.75) is 25.2 Å². The molecule has 1 aliphatic rings. The minimum atomic E-state index is -0.235. The van der Waals surface area contributed by atoms with Crippen molar-refractivity contribution in [1.29, 1.82) is 0 Å². The number of rotatable bonds is 5. The first-order valence-electron chi connectivity index (χ1n) is 9.78. The molecule has 4 nitrogen and oxygen atoms in total. The van der Waals surface area contributed by atoms with Crippen LogP contribution in [0.3, 0.4) is 0 Å². The molecule has 3 aromatic rings. The zero-order valence-electron chi connectivity index (χ0n) is 16.7. The van der Waals surface area contributed by atoms with E-state index in [1.807, 2.05) is 4.90 Å². The predicted molar refractivity (Wildman–Crippen MR) is 120 cm³/mol. The van der Waals surface area contributed by atoms with Crippen LogP contribution in [0.5, 0.6) is 0 Å². The molecule has 0 aliphatic carbocycles. The largest absolute Gasteiger partial charge is 0.345 e. The molecule has 2 aromatic carbocycles. The minimum absolute atomic E-state index is 0.190. The molecule has 4 rings (SSSR count). The number of piperazine rings is 1. The number of hydrogen-bond donors (Lipinski definition) is 0. The van der Waals surface area contributed by atoms with E-state index in [0.717, 1.165) is 41.7 Å². The van der Waals surface area contributed by atoms with Gasteiger partial charge in [0.25, 0.3) is 0 Å². The van der Waals surface area contributed by atoms with E-state index in [-0.39, 0.29) is 11.7 Å². The average molecular weight is 430 g/mol. The van der Waals surface area contributed by atoms with Crippen LogP contribution in [0, 0.1) is 19.7 Å². The highest BCUT2D eigenvalue weighted by molar-refractivity contribution is 7.99. The fourth-order valence-electron chi connectivity index (χ4n) is 3.40. The van der Waals surface area contributed by atoms with Crippen molar-refractivity contribution in [3.63, 3.8) is 0 Å². The molecule has 29 heavy (non-hydrogen) atoms. The first-order chi connectivity index (χ1) is 14.0. The van der Waals surface area contributed by atoms with E-state index in [1.165, 1.54) is 28.0 Å². The van der Waals surface area contributed by atoms with Crippen molar-refractivity contribution in [2.75, 3.05) is 36.8 Å². The summed E-state index contributed by atoms with van der Waals surface area (Å²) in [5.74, 6) is 0.665. The number of amides is 1. The van der Waals surface area contributed by atoms with Crippen LogP contribution in [-0.4, -0.2) is 47.7 Å². The number of aryl methyl sites for hydroxylation is 2. The van der Waals surface area contributed by atoms with Gasteiger partial charge >= 0.3 is 0 Å². The van der Waals surface area contributed by atoms with Crippen LogP contribution >= 0.6 is 23.1 Å². The van der Waals surface area contributed by atoms with Gasteiger partial charge in [-0.25, -0.2) is 9.37 Å². The van der Waals surface area contributed by atoms with Gasteiger partial charge in [0.15, 0.2) is 5.13 Å². The van der Waals surface area contributed by atoms with Gasteiger partial charge in [-0.05, 0) is 61.4 Å². The molecule has 7 heteroatoms. The quantitative estimate of drug-likeness (QED) is 0.542. The summed E-state index contributed by atoms with van der Waals surface area (Å²) in [6.45, 7) is 7.34. The fourth-order valence-corrected chi connectivity index (χ4v) is 5.33. The maximum atomic E-state index is 13.0. The van der Waals surface area contributed by atoms with Gasteiger partial charge in [0.1, 0.15) is 5.82 Å². The van der Waals surface area contributed by atoms with Crippen molar-refractivity contribution < 1.29 is 9.18 Å². The Balaban J connectivity index is 1.28. The third-order valence-electron chi connectivity index (χ3n) is 5.29. The van der Waals surface area contributed by atoms with Crippen LogP contribution in [0.2, 0.25) is 0 Å². The Labute approximate surface area is 178 Å². The van der Waals surface area contributed by atoms with E-state index >= 15 is 0 Å². The smallest absolute Gasteiger partial charge is 0.223 e. The normalized spacial score (nSPS) is 14.6. The molecule has 0 unspecified atom stereocenters. The monoisotopic (exact) mass is 429 g/mol. The van der Waals surface area contributed by atoms with E-state index < -0.39 is 0 Å². The third-order valence-corrected chi connectivity index (χ3v) is 7.39. The van der Waals surface area contributed by atoms with Gasteiger partial charge in [-0.2, -0.15) is 0 Å². The molecule has 1 aliphatic heterocycles. The van der Waals surface area contributed by atoms with E-state index in [9.17, 15) is 9.18 Å². The molecule has 2 heterocycles. The van der Waals surface area contributed by atoms with E-state index in [4.69, 9.17) is 4.98 Å². The number of carbonyl (C=O) groups excluding carboxylic acids is 1. The highest BCUT2D eigenvalue weighted by atomic mass is 32.2. The number of hydrogen-bond acceptors (Lipinski definition) is 5. The first kappa shape index (κ1) is 20.2. The number of halogens is 1. The zero-order chi connectivity index (χ0) is 20.4. The number of nitrogens with zero attached hydrogens (tertiary/aromatic N) is 3. The Morgan fingerprint density at radius 3 is 2.52 bits per heavy atom. The molecular formula is C22H24FN3OS2. The maximum Gasteiger partial charge on any atom is 0.223 e. The van der Waals surface area contributed by atoms with Gasteiger partial charge in [0, 0.05) is 43.2 Å². The lowest BCUT2D eigenvalue weighted by molar-refractivity contribution is -0.131. The van der Waals surface area contributed by atoms with Crippen molar-refractivity contribution >= 4 is 44.4 Å². The minimum Gasteiger partial charge on any atom is -0.345 e. The summed E-state index contributed by atoms with van der Waals surface area (Å²) in [5.41, 5.74) is 3.62. The van der Waals surface area contributed by atoms with Crippen LogP contribution in [0.1, 0.15) is 17.5 Å². The average Bonchev–Trinajstić information content (AvgIpc) is 3.12. The topological polar surface area (TPSA) is 36.4 Å². The highest BCUT2D eigenvalue weighted by Gasteiger charge is 2.23. The summed E-state index contributed by atoms with van der Waals surface area (Å²) < 4.78 is 14.2. The number of benzene rings is 2. The van der Waals surface area contributed by atoms with Crippen LogP contribution in [0.4, 0.5) is 9.52 Å². The second-order valence-corrected chi connectivity index (χ2v) is 9.50. The van der Waals surface area contributed by atoms with Crippen LogP contribution < -0.4 is 4.90 Å². The number of aromatic nitrogens is 1. The van der Waals surface area contributed by atoms with E-state index in [2.05, 4.69) is 30.9 Å². The first-order valence-corrected chi connectivity index (χ1v) is 11.6. The molecule has 0 bridgehead atoms. The van der Waals surface area contributed by atoms with Gasteiger partial charge in [-0.15, -0.1) is 11.8 Å². The lowest BCUT2D eigenvalue weighted by atomic mass is 10.1. The number of fused-ring (bicyclic) bond motifs is 1. The molecule has 152 valence electrons. The van der Waals surface area contributed by atoms with Crippen molar-refractivity contribution in [2.24, 2.45) is 0 Å². The van der Waals surface area contributed by atoms with Gasteiger partial charge in [0.05, 0.1) is 10.2 Å². The summed E-state index contributed by atoms with van der Waals surface area (Å²) in [6, 6.07) is 10.8. The summed E-state index contributed by atoms with van der Waals surface area (Å²) in [7, 11) is 0. The summed E-state index contributed by atoms with van der Waals surface area (Å²) in [5, 5.41) is 1.05. The van der Waals surface area contributed by atoms with Gasteiger partial charge in [0.2, 0.25) is 5.91 Å². The maximum absolute atomic E-state index is 13.0. The SMILES string of the molecule is Cc1cc2nc(N3CCN(C(=O)CCSc4ccc(F)cc4)CC3)sc2cc1C. The fraction of sp³-hybridized carbons (Fsp3) is 0.364. The number of carbonyl (C=O) groups is 1. The van der Waals surface area contributed by atoms with Crippen LogP contribution in [0.15, 0.2) is 41.3 Å². The molecule has 0 spiro atoms. The molecule has 0 atom stereocenters. The lowest BCUT2D eigenvalue weighted by Crippen LogP contribution is -2.48. The number of thioether (sulfide) groups is 1. The molecule has 0 N–H and O–H groups in total. The summed E-state index contributed by atoms with van der Waals surface area (Å²) >= 11 is 3.32. The second-order valence-electron chi connectivity index (χ2n) is 7.32. The number of thiazole rings is 1. The molecule has 1 aromatic heterocycles. The molecule has 0 saturated carbocycles. The van der Waals surface area contributed by atoms with Crippen LogP contribution in [0.25, 0.3) is 10.2 Å². The molecule has 1 saturated heterocycles. The molecule has 1 fully saturated rings. The van der Waals surface area contributed by atoms with Gasteiger partial charge in [-0.1, -0.05) is 11.3 Å². The standard InChI is InChI=1S/C22H24FN3OS2/c1-15-13-19-20(14-16(15)2)29-22(24-19)26-10-8-25(9-11-26)21(27)7-12-28-18-5-3-17(23)4-6-18/h3-6,13-14H,7-12H2,1-2H3. The van der Waals surface area contributed by atoms with Gasteiger partial charge in [-0.3, -0.25) is 4.79 Å². The zero-order valence-corrected chi connectivity index (χ0v) is 18.3. The Bertz CT molecular complexity index is 972. The molecular weight excluding hydrogens is 405 g/mol. The van der Waals surface area contributed by atoms with Crippen molar-refractivity contribution in [3.8, 4) is 0 Å². The van der Waals surface area contributed by atoms with Crippen molar-refractivity contribution in [1.82, 2.24) is 9.88 Å². The third kappa shape index (κ3) is 4.73. The van der Waals surface area contributed by atoms with E-state index in [1.54, 1.807) is 35.2 Å². The van der Waals surface area contributed by atoms with Crippen molar-refractivity contribution in [3.05, 3.63) is 53.3 Å². The van der Waals surface area contributed by atoms with Crippen LogP contribution in [-0.2, 0) is 4.79 Å².